The number of anilines is 1. The van der Waals surface area contributed by atoms with Gasteiger partial charge in [-0.3, -0.25) is 19.7 Å². The minimum Gasteiger partial charge on any atom is -0.480 e. The van der Waals surface area contributed by atoms with Crippen LogP contribution in [0.1, 0.15) is 6.42 Å². The number of nitro groups is 1. The molecule has 3 N–H and O–H groups in total. The molecule has 1 atom stereocenters. The Hall–Kier alpha value is -2.23. The van der Waals surface area contributed by atoms with E-state index >= 15 is 0 Å². The Bertz CT molecular complexity index is 595. The highest BCUT2D eigenvalue weighted by Crippen LogP contribution is 2.26. The fourth-order valence-corrected chi connectivity index (χ4v) is 1.86. The molecule has 10 heteroatoms. The lowest BCUT2D eigenvalue weighted by Gasteiger charge is -2.14. The van der Waals surface area contributed by atoms with E-state index in [-0.39, 0.29) is 29.4 Å². The van der Waals surface area contributed by atoms with Crippen molar-refractivity contribution in [2.24, 2.45) is 0 Å². The molecular weight excluding hydrogens is 330 g/mol. The van der Waals surface area contributed by atoms with Gasteiger partial charge in [0, 0.05) is 25.8 Å². The molecule has 9 nitrogen and oxygen atoms in total. The van der Waals surface area contributed by atoms with Gasteiger partial charge in [-0.15, -0.1) is 0 Å². The summed E-state index contributed by atoms with van der Waals surface area (Å²) in [5.41, 5.74) is -0.190. The normalized spacial score (nSPS) is 11.7. The fraction of sp³-hybridized carbons (Fsp3) is 0.385. The number of carboxylic acid groups (broad SMARTS) is 1. The van der Waals surface area contributed by atoms with Gasteiger partial charge in [0.05, 0.1) is 28.7 Å². The van der Waals surface area contributed by atoms with Gasteiger partial charge in [0.2, 0.25) is 5.91 Å². The number of nitrogens with zero attached hydrogens (tertiary/aromatic N) is 1. The highest BCUT2D eigenvalue weighted by atomic mass is 35.5. The Labute approximate surface area is 136 Å². The molecule has 126 valence electrons. The Morgan fingerprint density at radius 2 is 2.17 bits per heavy atom. The number of non-ortho nitro benzene ring substituents is 1. The first-order valence-corrected chi connectivity index (χ1v) is 6.92. The number of rotatable bonds is 9. The van der Waals surface area contributed by atoms with E-state index in [1.807, 2.05) is 0 Å². The van der Waals surface area contributed by atoms with Crippen molar-refractivity contribution in [1.82, 2.24) is 5.32 Å². The van der Waals surface area contributed by atoms with Gasteiger partial charge in [0.15, 0.2) is 0 Å². The molecule has 0 spiro atoms. The van der Waals surface area contributed by atoms with Crippen LogP contribution in [0.3, 0.4) is 0 Å². The van der Waals surface area contributed by atoms with Crippen molar-refractivity contribution < 1.29 is 24.4 Å². The minimum absolute atomic E-state index is 0.0481. The van der Waals surface area contributed by atoms with E-state index in [4.69, 9.17) is 21.4 Å². The predicted molar refractivity (Wildman–Crippen MR) is 82.7 cm³/mol. The lowest BCUT2D eigenvalue weighted by molar-refractivity contribution is -0.384. The molecular formula is C13H16ClN3O6. The lowest BCUT2D eigenvalue weighted by atomic mass is 10.2. The van der Waals surface area contributed by atoms with E-state index in [9.17, 15) is 19.7 Å². The minimum atomic E-state index is -1.19. The number of aliphatic carboxylic acids is 1. The highest BCUT2D eigenvalue weighted by Gasteiger charge is 2.21. The standard InChI is InChI=1S/C13H16ClN3O6/c1-23-5-4-15-11(13(19)20)7-12(18)16-10-6-8(17(21)22)2-3-9(10)14/h2-3,6,11,15H,4-5,7H2,1H3,(H,16,18)(H,19,20). The Kier molecular flexibility index (Phi) is 7.39. The first-order chi connectivity index (χ1) is 10.8. The molecule has 0 bridgehead atoms. The van der Waals surface area contributed by atoms with Crippen molar-refractivity contribution >= 4 is 34.9 Å². The highest BCUT2D eigenvalue weighted by molar-refractivity contribution is 6.33. The van der Waals surface area contributed by atoms with E-state index in [0.717, 1.165) is 6.07 Å². The zero-order chi connectivity index (χ0) is 17.4. The average molecular weight is 346 g/mol. The maximum Gasteiger partial charge on any atom is 0.321 e. The third kappa shape index (κ3) is 6.19. The van der Waals surface area contributed by atoms with Crippen LogP contribution in [0.4, 0.5) is 11.4 Å². The van der Waals surface area contributed by atoms with Crippen LogP contribution in [-0.4, -0.2) is 48.2 Å². The maximum atomic E-state index is 11.9. The Morgan fingerprint density at radius 3 is 2.74 bits per heavy atom. The van der Waals surface area contributed by atoms with Crippen LogP contribution in [-0.2, 0) is 14.3 Å². The van der Waals surface area contributed by atoms with Crippen LogP contribution < -0.4 is 10.6 Å². The molecule has 1 rings (SSSR count). The first-order valence-electron chi connectivity index (χ1n) is 6.54. The second-order valence-corrected chi connectivity index (χ2v) is 4.92. The molecule has 0 aromatic heterocycles. The van der Waals surface area contributed by atoms with Crippen LogP contribution >= 0.6 is 11.6 Å². The van der Waals surface area contributed by atoms with Crippen molar-refractivity contribution in [2.45, 2.75) is 12.5 Å². The summed E-state index contributed by atoms with van der Waals surface area (Å²) in [5.74, 6) is -1.83. The summed E-state index contributed by atoms with van der Waals surface area (Å²) >= 11 is 5.86. The summed E-state index contributed by atoms with van der Waals surface area (Å²) in [4.78, 5) is 33.1. The summed E-state index contributed by atoms with van der Waals surface area (Å²) < 4.78 is 4.79. The molecule has 0 aliphatic heterocycles. The maximum absolute atomic E-state index is 11.9. The number of carboxylic acids is 1. The molecule has 1 aromatic rings. The quantitative estimate of drug-likeness (QED) is 0.349. The lowest BCUT2D eigenvalue weighted by Crippen LogP contribution is -2.41. The molecule has 0 aliphatic carbocycles. The van der Waals surface area contributed by atoms with E-state index in [0.29, 0.717) is 6.61 Å². The van der Waals surface area contributed by atoms with Gasteiger partial charge in [0.25, 0.3) is 5.69 Å². The third-order valence-electron chi connectivity index (χ3n) is 2.82. The average Bonchev–Trinajstić information content (AvgIpc) is 2.48. The molecule has 0 saturated heterocycles. The zero-order valence-corrected chi connectivity index (χ0v) is 13.0. The number of methoxy groups -OCH3 is 1. The van der Waals surface area contributed by atoms with Gasteiger partial charge >= 0.3 is 5.97 Å². The van der Waals surface area contributed by atoms with Gasteiger partial charge in [-0.25, -0.2) is 0 Å². The number of carbonyl (C=O) groups is 2. The van der Waals surface area contributed by atoms with Crippen LogP contribution in [0.25, 0.3) is 0 Å². The number of ether oxygens (including phenoxy) is 1. The Balaban J connectivity index is 2.72. The molecule has 23 heavy (non-hydrogen) atoms. The van der Waals surface area contributed by atoms with E-state index in [2.05, 4.69) is 10.6 Å². The van der Waals surface area contributed by atoms with Crippen molar-refractivity contribution in [3.63, 3.8) is 0 Å². The molecule has 0 saturated carbocycles. The van der Waals surface area contributed by atoms with Crippen molar-refractivity contribution in [3.8, 4) is 0 Å². The van der Waals surface area contributed by atoms with Crippen LogP contribution in [0.5, 0.6) is 0 Å². The number of nitro benzene ring substituents is 1. The predicted octanol–water partition coefficient (Wildman–Crippen LogP) is 1.27. The van der Waals surface area contributed by atoms with Gasteiger partial charge < -0.3 is 20.5 Å². The molecule has 0 heterocycles. The smallest absolute Gasteiger partial charge is 0.321 e. The van der Waals surface area contributed by atoms with E-state index in [1.165, 1.54) is 19.2 Å². The monoisotopic (exact) mass is 345 g/mol. The number of benzene rings is 1. The molecule has 1 amide bonds. The third-order valence-corrected chi connectivity index (χ3v) is 3.15. The number of amides is 1. The first kappa shape index (κ1) is 18.8. The second kappa shape index (κ2) is 9.03. The number of hydrogen-bond donors (Lipinski definition) is 3. The van der Waals surface area contributed by atoms with Gasteiger partial charge in [0.1, 0.15) is 6.04 Å². The van der Waals surface area contributed by atoms with Crippen LogP contribution in [0.15, 0.2) is 18.2 Å². The number of carbonyl (C=O) groups excluding carboxylic acids is 1. The van der Waals surface area contributed by atoms with Crippen molar-refractivity contribution in [2.75, 3.05) is 25.6 Å². The summed E-state index contributed by atoms with van der Waals surface area (Å²) in [7, 11) is 1.47. The zero-order valence-electron chi connectivity index (χ0n) is 12.2. The summed E-state index contributed by atoms with van der Waals surface area (Å²) in [6.45, 7) is 0.556. The van der Waals surface area contributed by atoms with Gasteiger partial charge in [-0.05, 0) is 6.07 Å². The van der Waals surface area contributed by atoms with Gasteiger partial charge in [-0.1, -0.05) is 11.6 Å². The molecule has 1 unspecified atom stereocenters. The van der Waals surface area contributed by atoms with Crippen molar-refractivity contribution in [1.29, 1.82) is 0 Å². The number of halogens is 1. The second-order valence-electron chi connectivity index (χ2n) is 4.51. The SMILES string of the molecule is COCCNC(CC(=O)Nc1cc([N+](=O)[O-])ccc1Cl)C(=O)O. The fourth-order valence-electron chi connectivity index (χ4n) is 1.69. The molecule has 0 fully saturated rings. The van der Waals surface area contributed by atoms with Gasteiger partial charge in [-0.2, -0.15) is 0 Å². The number of nitrogens with one attached hydrogen (secondary N) is 2. The van der Waals surface area contributed by atoms with Crippen LogP contribution in [0.2, 0.25) is 5.02 Å². The Morgan fingerprint density at radius 1 is 1.48 bits per heavy atom. The number of hydrogen-bond acceptors (Lipinski definition) is 6. The topological polar surface area (TPSA) is 131 Å². The molecule has 1 aromatic carbocycles. The largest absolute Gasteiger partial charge is 0.480 e. The molecule has 0 aliphatic rings. The molecule has 0 radical (unpaired) electrons. The van der Waals surface area contributed by atoms with Crippen molar-refractivity contribution in [3.05, 3.63) is 33.3 Å². The summed E-state index contributed by atoms with van der Waals surface area (Å²) in [6, 6.07) is 2.47. The van der Waals surface area contributed by atoms with E-state index in [1.54, 1.807) is 0 Å². The van der Waals surface area contributed by atoms with Crippen LogP contribution in [0, 0.1) is 10.1 Å². The van der Waals surface area contributed by atoms with E-state index < -0.39 is 22.8 Å². The summed E-state index contributed by atoms with van der Waals surface area (Å²) in [6.07, 6.45) is -0.363. The summed E-state index contributed by atoms with van der Waals surface area (Å²) in [5, 5.41) is 24.9.